The van der Waals surface area contributed by atoms with Crippen LogP contribution in [0.4, 0.5) is 5.82 Å². The molecule has 3 rings (SSSR count). The second-order valence-corrected chi connectivity index (χ2v) is 7.64. The van der Waals surface area contributed by atoms with Crippen molar-refractivity contribution in [3.63, 3.8) is 0 Å². The maximum atomic E-state index is 10.2. The smallest absolute Gasteiger partial charge is 0.274 e. The maximum Gasteiger partial charge on any atom is 0.274 e. The van der Waals surface area contributed by atoms with Gasteiger partial charge in [-0.1, -0.05) is 22.0 Å². The number of nitrogens with one attached hydrogen (secondary N) is 2. The first-order valence-corrected chi connectivity index (χ1v) is 10.2. The van der Waals surface area contributed by atoms with Crippen molar-refractivity contribution in [2.45, 2.75) is 6.10 Å². The first kappa shape index (κ1) is 20.1. The summed E-state index contributed by atoms with van der Waals surface area (Å²) in [5, 5.41) is 10.2. The fourth-order valence-electron chi connectivity index (χ4n) is 3.21. The Morgan fingerprint density at radius 3 is 2.59 bits per heavy atom. The average molecular weight is 438 g/mol. The Kier molecular flexibility index (Phi) is 7.89. The Bertz CT molecular complexity index is 664. The van der Waals surface area contributed by atoms with E-state index in [2.05, 4.69) is 31.9 Å². The van der Waals surface area contributed by atoms with Gasteiger partial charge in [0, 0.05) is 10.5 Å². The summed E-state index contributed by atoms with van der Waals surface area (Å²) in [6.45, 7) is 6.05. The lowest BCUT2D eigenvalue weighted by Crippen LogP contribution is -3.16. The number of aliphatic hydroxyl groups excluding tert-OH is 1. The Morgan fingerprint density at radius 1 is 1.11 bits per heavy atom. The molecule has 1 fully saturated rings. The van der Waals surface area contributed by atoms with Crippen molar-refractivity contribution < 1.29 is 24.5 Å². The molecular formula is C20H28BrN3O3+2. The number of rotatable bonds is 9. The lowest BCUT2D eigenvalue weighted by molar-refractivity contribution is -0.903. The Morgan fingerprint density at radius 2 is 1.89 bits per heavy atom. The molecule has 0 saturated carbocycles. The number of aliphatic hydroxyl groups is 1. The lowest BCUT2D eigenvalue weighted by Gasteiger charge is -2.29. The average Bonchev–Trinajstić information content (AvgIpc) is 2.70. The van der Waals surface area contributed by atoms with Gasteiger partial charge in [-0.2, -0.15) is 0 Å². The maximum absolute atomic E-state index is 10.2. The molecule has 2 aromatic rings. The molecule has 1 aliphatic rings. The van der Waals surface area contributed by atoms with Gasteiger partial charge in [0.25, 0.3) is 5.82 Å². The van der Waals surface area contributed by atoms with Crippen LogP contribution in [0.2, 0.25) is 0 Å². The molecule has 1 aromatic heterocycles. The minimum Gasteiger partial charge on any atom is -0.491 e. The van der Waals surface area contributed by atoms with Crippen LogP contribution >= 0.6 is 15.9 Å². The van der Waals surface area contributed by atoms with Gasteiger partial charge in [-0.05, 0) is 30.3 Å². The van der Waals surface area contributed by atoms with E-state index in [1.807, 2.05) is 42.6 Å². The number of halogens is 1. The number of quaternary nitrogens is 1. The predicted molar refractivity (Wildman–Crippen MR) is 107 cm³/mol. The molecule has 1 aliphatic heterocycles. The van der Waals surface area contributed by atoms with Gasteiger partial charge in [0.15, 0.2) is 0 Å². The molecule has 0 bridgehead atoms. The zero-order chi connectivity index (χ0) is 18.9. The van der Waals surface area contributed by atoms with Crippen LogP contribution in [0.25, 0.3) is 0 Å². The van der Waals surface area contributed by atoms with E-state index in [1.54, 1.807) is 0 Å². The highest BCUT2D eigenvalue weighted by atomic mass is 79.9. The van der Waals surface area contributed by atoms with Crippen LogP contribution in [-0.2, 0) is 4.74 Å². The summed E-state index contributed by atoms with van der Waals surface area (Å²) in [5.41, 5.74) is 0. The zero-order valence-electron chi connectivity index (χ0n) is 15.4. The van der Waals surface area contributed by atoms with Crippen LogP contribution in [0.5, 0.6) is 5.75 Å². The summed E-state index contributed by atoms with van der Waals surface area (Å²) in [4.78, 5) is 7.05. The van der Waals surface area contributed by atoms with Crippen LogP contribution in [0.3, 0.4) is 0 Å². The molecule has 7 heteroatoms. The summed E-state index contributed by atoms with van der Waals surface area (Å²) in [5.74, 6) is 1.98. The SMILES string of the molecule is O[C@@H](COCCOc1ccc(Br)cc1)C[NH+]1CCN(c2cccc[nH+]2)CC1. The fourth-order valence-corrected chi connectivity index (χ4v) is 3.47. The van der Waals surface area contributed by atoms with E-state index < -0.39 is 6.10 Å². The summed E-state index contributed by atoms with van der Waals surface area (Å²) in [6.07, 6.45) is 1.51. The number of piperazine rings is 1. The van der Waals surface area contributed by atoms with Crippen molar-refractivity contribution in [2.24, 2.45) is 0 Å². The third-order valence-corrected chi connectivity index (χ3v) is 5.18. The molecule has 6 nitrogen and oxygen atoms in total. The minimum absolute atomic E-state index is 0.351. The van der Waals surface area contributed by atoms with Crippen LogP contribution < -0.4 is 19.5 Å². The molecular weight excluding hydrogens is 410 g/mol. The first-order valence-electron chi connectivity index (χ1n) is 9.40. The molecule has 3 N–H and O–H groups in total. The number of aromatic amines is 1. The van der Waals surface area contributed by atoms with E-state index in [4.69, 9.17) is 9.47 Å². The summed E-state index contributed by atoms with van der Waals surface area (Å²) >= 11 is 3.40. The minimum atomic E-state index is -0.442. The number of pyridine rings is 1. The van der Waals surface area contributed by atoms with E-state index in [0.29, 0.717) is 19.8 Å². The van der Waals surface area contributed by atoms with Gasteiger partial charge in [-0.15, -0.1) is 0 Å². The molecule has 27 heavy (non-hydrogen) atoms. The molecule has 1 atom stereocenters. The molecule has 1 saturated heterocycles. The Balaban J connectivity index is 1.26. The third-order valence-electron chi connectivity index (χ3n) is 4.65. The monoisotopic (exact) mass is 437 g/mol. The summed E-state index contributed by atoms with van der Waals surface area (Å²) in [7, 11) is 0. The Hall–Kier alpha value is -1.67. The number of ether oxygens (including phenoxy) is 2. The largest absolute Gasteiger partial charge is 0.491 e. The predicted octanol–water partition coefficient (Wildman–Crippen LogP) is 0.425. The lowest BCUT2D eigenvalue weighted by atomic mass is 10.2. The van der Waals surface area contributed by atoms with Gasteiger partial charge < -0.3 is 19.5 Å². The van der Waals surface area contributed by atoms with Crippen LogP contribution in [0, 0.1) is 0 Å². The van der Waals surface area contributed by atoms with E-state index in [1.165, 1.54) is 4.90 Å². The van der Waals surface area contributed by atoms with Crippen LogP contribution in [0.15, 0.2) is 53.1 Å². The number of hydrogen-bond donors (Lipinski definition) is 2. The van der Waals surface area contributed by atoms with Crippen molar-refractivity contribution >= 4 is 21.7 Å². The number of aromatic nitrogens is 1. The van der Waals surface area contributed by atoms with E-state index in [9.17, 15) is 5.11 Å². The second kappa shape index (κ2) is 10.6. The Labute approximate surface area is 168 Å². The van der Waals surface area contributed by atoms with Gasteiger partial charge in [-0.25, -0.2) is 4.98 Å². The number of nitrogens with zero attached hydrogens (tertiary/aromatic N) is 1. The van der Waals surface area contributed by atoms with Gasteiger partial charge >= 0.3 is 0 Å². The highest BCUT2D eigenvalue weighted by molar-refractivity contribution is 9.10. The third kappa shape index (κ3) is 6.77. The van der Waals surface area contributed by atoms with E-state index in [-0.39, 0.29) is 0 Å². The fraction of sp³-hybridized carbons (Fsp3) is 0.450. The van der Waals surface area contributed by atoms with Gasteiger partial charge in [0.2, 0.25) is 0 Å². The van der Waals surface area contributed by atoms with Gasteiger partial charge in [-0.3, -0.25) is 4.90 Å². The first-order chi connectivity index (χ1) is 13.2. The summed E-state index contributed by atoms with van der Waals surface area (Å²) in [6, 6.07) is 13.8. The van der Waals surface area contributed by atoms with Crippen LogP contribution in [-0.4, -0.2) is 63.8 Å². The quantitative estimate of drug-likeness (QED) is 0.558. The second-order valence-electron chi connectivity index (χ2n) is 6.72. The normalized spacial score (nSPS) is 16.3. The number of hydrogen-bond acceptors (Lipinski definition) is 4. The van der Waals surface area contributed by atoms with Crippen LogP contribution in [0.1, 0.15) is 0 Å². The van der Waals surface area contributed by atoms with Crippen molar-refractivity contribution in [3.05, 3.63) is 53.1 Å². The highest BCUT2D eigenvalue weighted by Gasteiger charge is 2.27. The standard InChI is InChI=1S/C20H26BrN3O3/c21-17-4-6-19(7-5-17)27-14-13-26-16-18(25)15-23-9-11-24(12-10-23)20-3-1-2-8-22-20/h1-8,18,25H,9-16H2/p+2/t18-/m1/s1. The van der Waals surface area contributed by atoms with E-state index >= 15 is 0 Å². The summed E-state index contributed by atoms with van der Waals surface area (Å²) < 4.78 is 12.2. The van der Waals surface area contributed by atoms with Crippen molar-refractivity contribution in [2.75, 3.05) is 57.4 Å². The molecule has 0 spiro atoms. The number of H-pyrrole nitrogens is 1. The number of benzene rings is 1. The molecule has 0 amide bonds. The molecule has 146 valence electrons. The molecule has 0 radical (unpaired) electrons. The molecule has 0 unspecified atom stereocenters. The molecule has 2 heterocycles. The van der Waals surface area contributed by atoms with E-state index in [0.717, 1.165) is 48.8 Å². The van der Waals surface area contributed by atoms with Gasteiger partial charge in [0.1, 0.15) is 51.2 Å². The highest BCUT2D eigenvalue weighted by Crippen LogP contribution is 2.15. The van der Waals surface area contributed by atoms with Crippen molar-refractivity contribution in [1.29, 1.82) is 0 Å². The van der Waals surface area contributed by atoms with Crippen molar-refractivity contribution in [1.82, 2.24) is 0 Å². The molecule has 0 aliphatic carbocycles. The number of anilines is 1. The zero-order valence-corrected chi connectivity index (χ0v) is 17.0. The molecule has 1 aromatic carbocycles. The van der Waals surface area contributed by atoms with Crippen molar-refractivity contribution in [3.8, 4) is 5.75 Å². The topological polar surface area (TPSA) is 60.5 Å². The van der Waals surface area contributed by atoms with Gasteiger partial charge in [0.05, 0.1) is 19.4 Å².